The van der Waals surface area contributed by atoms with Gasteiger partial charge in [0.1, 0.15) is 0 Å². The van der Waals surface area contributed by atoms with Gasteiger partial charge in [0.25, 0.3) is 0 Å². The summed E-state index contributed by atoms with van der Waals surface area (Å²) < 4.78 is 5.66. The van der Waals surface area contributed by atoms with E-state index in [2.05, 4.69) is 272 Å². The van der Waals surface area contributed by atoms with Crippen LogP contribution in [-0.4, -0.2) is 0 Å². The Morgan fingerprint density at radius 3 is 0.972 bits per heavy atom. The van der Waals surface area contributed by atoms with Crippen LogP contribution in [0.4, 0.5) is 0 Å². The summed E-state index contributed by atoms with van der Waals surface area (Å²) in [6.07, 6.45) is 35.8. The molecule has 0 amide bonds. The first-order chi connectivity index (χ1) is 53.1. The molecular weight excluding hydrogens is 1340 g/mol. The summed E-state index contributed by atoms with van der Waals surface area (Å²) >= 11 is 3.96. The van der Waals surface area contributed by atoms with Gasteiger partial charge >= 0.3 is 0 Å². The highest BCUT2D eigenvalue weighted by Gasteiger charge is 2.44. The molecule has 0 aliphatic heterocycles. The molecule has 548 valence electrons. The molecule has 0 unspecified atom stereocenters. The Kier molecular flexibility index (Phi) is 22.6. The number of unbranched alkanes of at least 4 members (excludes halogenated alkanes) is 20. The smallest absolute Gasteiger partial charge is 0.0542 e. The van der Waals surface area contributed by atoms with Gasteiger partial charge in [0.05, 0.1) is 9.40 Å². The second-order valence-electron chi connectivity index (χ2n) is 32.8. The van der Waals surface area contributed by atoms with Crippen LogP contribution in [0.5, 0.6) is 0 Å². The lowest BCUT2D eigenvalue weighted by Gasteiger charge is -2.33. The largest absolute Gasteiger partial charge is 0.134 e. The zero-order valence-corrected chi connectivity index (χ0v) is 67.2. The van der Waals surface area contributed by atoms with Crippen LogP contribution in [0, 0.1) is 13.8 Å². The summed E-state index contributed by atoms with van der Waals surface area (Å²) in [7, 11) is 0. The normalized spacial score (nSPS) is 13.4. The van der Waals surface area contributed by atoms with Gasteiger partial charge in [-0.05, 0) is 245 Å². The fourth-order valence-corrected chi connectivity index (χ4v) is 22.3. The number of rotatable bonds is 34. The lowest BCUT2D eigenvalue weighted by molar-refractivity contribution is 0.398. The van der Waals surface area contributed by atoms with Crippen molar-refractivity contribution < 1.29 is 0 Å². The molecule has 0 bridgehead atoms. The molecule has 0 nitrogen and oxygen atoms in total. The average molecular weight is 1450 g/mol. The van der Waals surface area contributed by atoms with Crippen molar-refractivity contribution in [2.75, 3.05) is 0 Å². The first kappa shape index (κ1) is 73.5. The molecule has 2 aliphatic carbocycles. The monoisotopic (exact) mass is 1450 g/mol. The Labute approximate surface area is 654 Å². The first-order valence-corrected chi connectivity index (χ1v) is 44.0. The van der Waals surface area contributed by atoms with Gasteiger partial charge in [0.2, 0.25) is 0 Å². The Balaban J connectivity index is 0.884. The van der Waals surface area contributed by atoms with Gasteiger partial charge in [0.15, 0.2) is 0 Å². The number of fused-ring (bicyclic) bond motifs is 13. The van der Waals surface area contributed by atoms with Crippen molar-refractivity contribution in [2.45, 2.75) is 232 Å². The van der Waals surface area contributed by atoms with Gasteiger partial charge < -0.3 is 0 Å². The quantitative estimate of drug-likeness (QED) is 0.0353. The van der Waals surface area contributed by atoms with E-state index < -0.39 is 0 Å². The Morgan fingerprint density at radius 2 is 0.528 bits per heavy atom. The molecule has 0 N–H and O–H groups in total. The van der Waals surface area contributed by atoms with Gasteiger partial charge in [-0.15, -0.1) is 22.7 Å². The van der Waals surface area contributed by atoms with Crippen LogP contribution in [0.25, 0.3) is 140 Å². The van der Waals surface area contributed by atoms with E-state index in [0.29, 0.717) is 0 Å². The number of benzene rings is 12. The molecule has 16 rings (SSSR count). The van der Waals surface area contributed by atoms with Crippen LogP contribution in [0.3, 0.4) is 0 Å². The Hall–Kier alpha value is -8.66. The maximum atomic E-state index is 2.74. The highest BCUT2D eigenvalue weighted by molar-refractivity contribution is 7.36. The summed E-state index contributed by atoms with van der Waals surface area (Å²) in [4.78, 5) is 0. The van der Waals surface area contributed by atoms with Crippen molar-refractivity contribution in [1.29, 1.82) is 0 Å². The molecule has 0 radical (unpaired) electrons. The minimum atomic E-state index is -0.137. The molecular formula is C106H112S2. The number of hydrogen-bond acceptors (Lipinski definition) is 2. The zero-order chi connectivity index (χ0) is 73.6. The molecule has 14 aromatic rings. The van der Waals surface area contributed by atoms with E-state index in [9.17, 15) is 0 Å². The fourth-order valence-electron chi connectivity index (χ4n) is 19.5. The van der Waals surface area contributed by atoms with E-state index in [4.69, 9.17) is 0 Å². The van der Waals surface area contributed by atoms with E-state index in [-0.39, 0.29) is 10.8 Å². The first-order valence-electron chi connectivity index (χ1n) is 42.3. The van der Waals surface area contributed by atoms with E-state index in [1.807, 2.05) is 22.7 Å². The second-order valence-corrected chi connectivity index (χ2v) is 34.9. The van der Waals surface area contributed by atoms with Crippen molar-refractivity contribution >= 4 is 73.8 Å². The molecule has 0 atom stereocenters. The molecule has 0 fully saturated rings. The maximum Gasteiger partial charge on any atom is 0.0542 e. The van der Waals surface area contributed by atoms with Crippen LogP contribution in [0.15, 0.2) is 231 Å². The number of hydrogen-bond donors (Lipinski definition) is 0. The SMILES string of the molecule is CCCCCCCCC1(CCCCCCCC)c2cc(C)ccc2-c2ccc(-c3cc(-c4cc(-c5cccc6ccccc56)cc(-c5cccc6ccccc56)c4)cc(-c4ccc5c(c4)C(CCCCCCCC)(CCCCCCCC)c4cc(-c6ccc7c(c6)sc6c8ccc(C)cc8sc76)ccc4-5)c3)cc21. The Morgan fingerprint density at radius 1 is 0.222 bits per heavy atom. The van der Waals surface area contributed by atoms with Crippen molar-refractivity contribution in [3.63, 3.8) is 0 Å². The van der Waals surface area contributed by atoms with E-state index >= 15 is 0 Å². The molecule has 0 saturated heterocycles. The minimum Gasteiger partial charge on any atom is -0.134 e. The Bertz CT molecular complexity index is 5390. The van der Waals surface area contributed by atoms with Crippen LogP contribution in [0.1, 0.15) is 241 Å². The predicted octanol–water partition coefficient (Wildman–Crippen LogP) is 33.7. The third-order valence-corrected chi connectivity index (χ3v) is 27.8. The fraction of sp³-hybridized carbons (Fsp3) is 0.340. The van der Waals surface area contributed by atoms with E-state index in [1.165, 1.54) is 318 Å². The van der Waals surface area contributed by atoms with Crippen molar-refractivity contribution in [3.05, 3.63) is 264 Å². The molecule has 2 aliphatic rings. The highest BCUT2D eigenvalue weighted by Crippen LogP contribution is 2.59. The average Bonchev–Trinajstić information content (AvgIpc) is 1.56. The molecule has 2 heteroatoms. The summed E-state index contributed by atoms with van der Waals surface area (Å²) in [5.74, 6) is 0. The number of thiophene rings is 2. The standard InChI is InChI=1S/C106H112S2/c1-7-11-15-19-23-31-57-105(58-32-24-20-16-12-8-2)97-61-73(5)45-51-91(97)92-54-48-78(70-99(92)105)81-63-82(65-83(64-81)84-66-85(89-43-35-39-75-37-27-29-41-87(75)89)68-86(67-84)90-44-36-40-76-38-28-30-42-88(76)90)79-49-55-94-93-53-47-77(80-50-56-96-102(72-80)108-103-95-52-46-74(6)62-101(95)107-104(96)103)69-98(93)106(100(94)71-79,59-33-25-21-17-13-9-3)60-34-26-22-18-14-10-4/h27-30,35-56,61-72H,7-26,31-34,57-60H2,1-6H3. The third-order valence-electron chi connectivity index (χ3n) is 25.3. The zero-order valence-electron chi connectivity index (χ0n) is 65.6. The van der Waals surface area contributed by atoms with Gasteiger partial charge in [0, 0.05) is 31.0 Å². The molecule has 0 saturated carbocycles. The van der Waals surface area contributed by atoms with Gasteiger partial charge in [-0.25, -0.2) is 0 Å². The van der Waals surface area contributed by atoms with E-state index in [1.54, 1.807) is 22.3 Å². The summed E-state index contributed by atoms with van der Waals surface area (Å²) in [6, 6.07) is 92.3. The van der Waals surface area contributed by atoms with Crippen LogP contribution >= 0.6 is 22.7 Å². The predicted molar refractivity (Wildman–Crippen MR) is 476 cm³/mol. The van der Waals surface area contributed by atoms with Crippen LogP contribution in [-0.2, 0) is 10.8 Å². The summed E-state index contributed by atoms with van der Waals surface area (Å²) in [6.45, 7) is 14.0. The van der Waals surface area contributed by atoms with Crippen LogP contribution in [0.2, 0.25) is 0 Å². The topological polar surface area (TPSA) is 0 Å². The van der Waals surface area contributed by atoms with Crippen LogP contribution < -0.4 is 0 Å². The van der Waals surface area contributed by atoms with Gasteiger partial charge in [-0.3, -0.25) is 0 Å². The lowest BCUT2D eigenvalue weighted by atomic mass is 9.69. The molecule has 0 spiro atoms. The highest BCUT2D eigenvalue weighted by atomic mass is 32.1. The van der Waals surface area contributed by atoms with E-state index in [0.717, 1.165) is 12.8 Å². The van der Waals surface area contributed by atoms with Crippen molar-refractivity contribution in [1.82, 2.24) is 0 Å². The van der Waals surface area contributed by atoms with Gasteiger partial charge in [-0.1, -0.05) is 351 Å². The molecule has 108 heavy (non-hydrogen) atoms. The second kappa shape index (κ2) is 33.3. The maximum absolute atomic E-state index is 2.74. The van der Waals surface area contributed by atoms with Crippen molar-refractivity contribution in [3.8, 4) is 89.0 Å². The summed E-state index contributed by atoms with van der Waals surface area (Å²) in [5, 5.41) is 7.87. The minimum absolute atomic E-state index is 0.0465. The third kappa shape index (κ3) is 14.8. The molecule has 12 aromatic carbocycles. The summed E-state index contributed by atoms with van der Waals surface area (Å²) in [5.41, 5.74) is 29.9. The molecule has 2 heterocycles. The van der Waals surface area contributed by atoms with Gasteiger partial charge in [-0.2, -0.15) is 0 Å². The molecule has 2 aromatic heterocycles. The number of aryl methyl sites for hydroxylation is 2. The lowest BCUT2D eigenvalue weighted by Crippen LogP contribution is -2.25. The van der Waals surface area contributed by atoms with Crippen molar-refractivity contribution in [2.24, 2.45) is 0 Å².